The van der Waals surface area contributed by atoms with Crippen molar-refractivity contribution >= 4 is 23.6 Å². The van der Waals surface area contributed by atoms with Gasteiger partial charge >= 0.3 is 0 Å². The van der Waals surface area contributed by atoms with Gasteiger partial charge in [-0.3, -0.25) is 9.59 Å². The number of rotatable bonds is 7. The Kier molecular flexibility index (Phi) is 7.78. The van der Waals surface area contributed by atoms with Crippen LogP contribution in [-0.2, 0) is 14.4 Å². The van der Waals surface area contributed by atoms with E-state index in [0.29, 0.717) is 37.6 Å². The van der Waals surface area contributed by atoms with E-state index in [9.17, 15) is 14.8 Å². The van der Waals surface area contributed by atoms with Gasteiger partial charge in [0.15, 0.2) is 0 Å². The van der Waals surface area contributed by atoms with Crippen molar-refractivity contribution in [2.45, 2.75) is 19.4 Å². The third-order valence-electron chi connectivity index (χ3n) is 3.25. The molecule has 0 bridgehead atoms. The number of carbonyl (C=O) groups excluding carboxylic acids is 2. The SMILES string of the molecule is CO/N=[N+](/[O-])N1CCN(C(=O)C(CCSC)NC(C)=O)CC1. The molecule has 126 valence electrons. The number of nitrogens with zero attached hydrogens (tertiary/aromatic N) is 4. The van der Waals surface area contributed by atoms with Gasteiger partial charge in [0, 0.05) is 20.0 Å². The Morgan fingerprint density at radius 1 is 1.41 bits per heavy atom. The smallest absolute Gasteiger partial charge is 0.245 e. The molecule has 1 heterocycles. The summed E-state index contributed by atoms with van der Waals surface area (Å²) in [5.74, 6) is 0.463. The average Bonchev–Trinajstić information content (AvgIpc) is 2.50. The van der Waals surface area contributed by atoms with Gasteiger partial charge < -0.3 is 20.3 Å². The van der Waals surface area contributed by atoms with Gasteiger partial charge in [0.1, 0.15) is 13.2 Å². The van der Waals surface area contributed by atoms with Crippen LogP contribution in [0.15, 0.2) is 5.28 Å². The maximum atomic E-state index is 12.5. The van der Waals surface area contributed by atoms with E-state index in [2.05, 4.69) is 15.4 Å². The maximum absolute atomic E-state index is 12.5. The molecule has 1 unspecified atom stereocenters. The average molecular weight is 333 g/mol. The fraction of sp³-hybridized carbons (Fsp3) is 0.833. The van der Waals surface area contributed by atoms with E-state index < -0.39 is 6.04 Å². The van der Waals surface area contributed by atoms with Crippen LogP contribution >= 0.6 is 11.8 Å². The van der Waals surface area contributed by atoms with E-state index in [1.807, 2.05) is 6.26 Å². The topological polar surface area (TPSA) is 100 Å². The van der Waals surface area contributed by atoms with E-state index in [-0.39, 0.29) is 11.8 Å². The highest BCUT2D eigenvalue weighted by Gasteiger charge is 2.30. The standard InChI is InChI=1S/C12H23N5O4S/c1-10(18)13-11(4-9-22-3)12(19)15-5-7-16(8-6-15)17(20)14-21-2/h11H,4-9H2,1-3H3,(H,13,18)/b17-14+. The molecule has 22 heavy (non-hydrogen) atoms. The van der Waals surface area contributed by atoms with Gasteiger partial charge in [-0.2, -0.15) is 11.8 Å². The fourth-order valence-electron chi connectivity index (χ4n) is 2.17. The summed E-state index contributed by atoms with van der Waals surface area (Å²) in [6.07, 6.45) is 2.54. The van der Waals surface area contributed by atoms with Crippen LogP contribution in [0.1, 0.15) is 13.3 Å². The van der Waals surface area contributed by atoms with Crippen molar-refractivity contribution in [1.29, 1.82) is 0 Å². The Labute approximate surface area is 134 Å². The van der Waals surface area contributed by atoms with Gasteiger partial charge in [0.2, 0.25) is 17.1 Å². The minimum absolute atomic E-state index is 0.106. The molecule has 10 heteroatoms. The first-order valence-corrected chi connectivity index (χ1v) is 8.40. The molecule has 2 amide bonds. The van der Waals surface area contributed by atoms with Gasteiger partial charge in [-0.25, -0.2) is 0 Å². The zero-order chi connectivity index (χ0) is 16.5. The molecule has 0 aromatic heterocycles. The van der Waals surface area contributed by atoms with Crippen LogP contribution in [0.5, 0.6) is 0 Å². The number of piperazine rings is 1. The fourth-order valence-corrected chi connectivity index (χ4v) is 2.64. The molecule has 1 aliphatic heterocycles. The molecular formula is C12H23N5O4S. The summed E-state index contributed by atoms with van der Waals surface area (Å²) in [6.45, 7) is 2.96. The van der Waals surface area contributed by atoms with Crippen LogP contribution in [0.2, 0.25) is 0 Å². The summed E-state index contributed by atoms with van der Waals surface area (Å²) >= 11 is 1.63. The largest absolute Gasteiger partial charge is 0.569 e. The van der Waals surface area contributed by atoms with Crippen molar-refractivity contribution in [2.75, 3.05) is 45.3 Å². The first kappa shape index (κ1) is 18.3. The van der Waals surface area contributed by atoms with Crippen LogP contribution in [0.25, 0.3) is 0 Å². The number of hydrogen-bond acceptors (Lipinski definition) is 6. The number of hydrazine groups is 1. The predicted octanol–water partition coefficient (Wildman–Crippen LogP) is -0.173. The summed E-state index contributed by atoms with van der Waals surface area (Å²) < 4.78 is 0. The second kappa shape index (κ2) is 9.34. The van der Waals surface area contributed by atoms with Gasteiger partial charge in [0.05, 0.1) is 18.1 Å². The highest BCUT2D eigenvalue weighted by Crippen LogP contribution is 2.09. The van der Waals surface area contributed by atoms with Crippen LogP contribution in [0.3, 0.4) is 0 Å². The molecule has 1 N–H and O–H groups in total. The molecule has 1 aliphatic rings. The molecule has 1 saturated heterocycles. The van der Waals surface area contributed by atoms with Crippen LogP contribution in [0, 0.1) is 5.21 Å². The van der Waals surface area contributed by atoms with E-state index in [4.69, 9.17) is 0 Å². The Balaban J connectivity index is 2.57. The zero-order valence-corrected chi connectivity index (χ0v) is 14.0. The molecule has 1 atom stereocenters. The van der Waals surface area contributed by atoms with Crippen molar-refractivity contribution in [3.63, 3.8) is 0 Å². The normalized spacial score (nSPS) is 17.1. The summed E-state index contributed by atoms with van der Waals surface area (Å²) in [4.78, 5) is 30.2. The lowest BCUT2D eigenvalue weighted by molar-refractivity contribution is -0.711. The lowest BCUT2D eigenvalue weighted by atomic mass is 10.1. The lowest BCUT2D eigenvalue weighted by Gasteiger charge is -2.33. The first-order valence-electron chi connectivity index (χ1n) is 7.00. The molecule has 0 aliphatic carbocycles. The van der Waals surface area contributed by atoms with Crippen LogP contribution in [0.4, 0.5) is 0 Å². The lowest BCUT2D eigenvalue weighted by Crippen LogP contribution is -2.55. The molecule has 1 rings (SSSR count). The monoisotopic (exact) mass is 333 g/mol. The second-order valence-electron chi connectivity index (χ2n) is 4.83. The van der Waals surface area contributed by atoms with Crippen LogP contribution < -0.4 is 5.32 Å². The highest BCUT2D eigenvalue weighted by molar-refractivity contribution is 7.98. The van der Waals surface area contributed by atoms with E-state index in [0.717, 1.165) is 5.75 Å². The zero-order valence-electron chi connectivity index (χ0n) is 13.2. The quantitative estimate of drug-likeness (QED) is 0.394. The number of carbonyl (C=O) groups is 2. The molecular weight excluding hydrogens is 310 g/mol. The number of hydrogen-bond donors (Lipinski definition) is 1. The molecule has 0 aromatic rings. The molecule has 0 radical (unpaired) electrons. The molecule has 9 nitrogen and oxygen atoms in total. The minimum Gasteiger partial charge on any atom is -0.569 e. The van der Waals surface area contributed by atoms with Crippen molar-refractivity contribution in [3.05, 3.63) is 5.21 Å². The van der Waals surface area contributed by atoms with Crippen molar-refractivity contribution in [1.82, 2.24) is 15.2 Å². The second-order valence-corrected chi connectivity index (χ2v) is 5.82. The maximum Gasteiger partial charge on any atom is 0.245 e. The van der Waals surface area contributed by atoms with Crippen molar-refractivity contribution < 1.29 is 19.4 Å². The Hall–Kier alpha value is -1.71. The summed E-state index contributed by atoms with van der Waals surface area (Å²) in [6, 6.07) is -0.511. The van der Waals surface area contributed by atoms with Crippen molar-refractivity contribution in [2.24, 2.45) is 5.28 Å². The highest BCUT2D eigenvalue weighted by atomic mass is 32.2. The van der Waals surface area contributed by atoms with Crippen molar-refractivity contribution in [3.8, 4) is 0 Å². The minimum atomic E-state index is -0.511. The number of thioether (sulfide) groups is 1. The van der Waals surface area contributed by atoms with Gasteiger partial charge in [0.25, 0.3) is 0 Å². The predicted molar refractivity (Wildman–Crippen MR) is 81.8 cm³/mol. The summed E-state index contributed by atoms with van der Waals surface area (Å²) in [5, 5.41) is 18.9. The summed E-state index contributed by atoms with van der Waals surface area (Å²) in [7, 11) is 1.30. The molecule has 0 aromatic carbocycles. The van der Waals surface area contributed by atoms with E-state index >= 15 is 0 Å². The van der Waals surface area contributed by atoms with Gasteiger partial charge in [-0.15, -0.1) is 5.01 Å². The molecule has 1 fully saturated rings. The summed E-state index contributed by atoms with van der Waals surface area (Å²) in [5.41, 5.74) is 0. The Morgan fingerprint density at radius 2 is 2.05 bits per heavy atom. The number of nitrogens with one attached hydrogen (secondary N) is 1. The van der Waals surface area contributed by atoms with Crippen LogP contribution in [-0.4, -0.2) is 78.0 Å². The third kappa shape index (κ3) is 5.58. The van der Waals surface area contributed by atoms with Gasteiger partial charge in [-0.05, 0) is 18.4 Å². The molecule has 0 spiro atoms. The number of amides is 2. The van der Waals surface area contributed by atoms with E-state index in [1.54, 1.807) is 16.7 Å². The first-order chi connectivity index (χ1) is 10.5. The van der Waals surface area contributed by atoms with Gasteiger partial charge in [-0.1, -0.05) is 0 Å². The van der Waals surface area contributed by atoms with E-state index in [1.165, 1.54) is 19.0 Å². The molecule has 0 saturated carbocycles. The Morgan fingerprint density at radius 3 is 2.55 bits per heavy atom. The third-order valence-corrected chi connectivity index (χ3v) is 3.89. The Bertz CT molecular complexity index is 412.